The predicted octanol–water partition coefficient (Wildman–Crippen LogP) is 6.05. The van der Waals surface area contributed by atoms with E-state index in [1.54, 1.807) is 5.38 Å². The summed E-state index contributed by atoms with van der Waals surface area (Å²) in [4.78, 5) is 42.6. The summed E-state index contributed by atoms with van der Waals surface area (Å²) in [5.74, 6) is -1.67. The van der Waals surface area contributed by atoms with E-state index in [1.165, 1.54) is 17.4 Å². The van der Waals surface area contributed by atoms with Crippen LogP contribution in [0.4, 0.5) is 13.9 Å². The summed E-state index contributed by atoms with van der Waals surface area (Å²) >= 11 is 1.31. The molecule has 2 aliphatic rings. The molecular formula is C36H44F2N4O6S. The van der Waals surface area contributed by atoms with Crippen LogP contribution in [0.15, 0.2) is 41.8 Å². The molecule has 1 aromatic heterocycles. The van der Waals surface area contributed by atoms with Gasteiger partial charge in [0.1, 0.15) is 5.75 Å². The van der Waals surface area contributed by atoms with Crippen LogP contribution in [0.2, 0.25) is 0 Å². The zero-order valence-electron chi connectivity index (χ0n) is 27.6. The normalized spacial score (nSPS) is 16.8. The molecule has 3 N–H and O–H groups in total. The van der Waals surface area contributed by atoms with E-state index in [4.69, 9.17) is 14.6 Å². The standard InChI is InChI=1S/C36H44F2N4O6S/c37-29-13-11-28(30-23-49-36(40-30)39-17-20-43)34(33(29)38)47-21-5-3-1-2-4-6-32(45)42-18-15-24(16-19-42)22-48-26-9-7-25(8-10-26)27-12-14-31(44)41-35(27)46/h7-11,13,23-24,27,43H,1-6,12,14-22H2,(H,39,40)(H,41,44,46). The number of nitrogens with one attached hydrogen (secondary N) is 2. The Morgan fingerprint density at radius 1 is 1.00 bits per heavy atom. The fourth-order valence-electron chi connectivity index (χ4n) is 6.13. The first-order valence-corrected chi connectivity index (χ1v) is 18.0. The number of amides is 3. The Hall–Kier alpha value is -4.10. The van der Waals surface area contributed by atoms with E-state index in [1.807, 2.05) is 29.2 Å². The number of likely N-dealkylation sites (tertiary alicyclic amines) is 1. The third-order valence-corrected chi connectivity index (χ3v) is 9.77. The lowest BCUT2D eigenvalue weighted by Gasteiger charge is -2.32. The van der Waals surface area contributed by atoms with E-state index >= 15 is 0 Å². The number of benzene rings is 2. The molecule has 3 amide bonds. The van der Waals surface area contributed by atoms with Crippen LogP contribution >= 0.6 is 11.3 Å². The maximum atomic E-state index is 14.6. The lowest BCUT2D eigenvalue weighted by atomic mass is 9.90. The molecule has 0 radical (unpaired) electrons. The molecule has 2 aromatic carbocycles. The average molecular weight is 699 g/mol. The molecule has 0 aliphatic carbocycles. The van der Waals surface area contributed by atoms with E-state index in [2.05, 4.69) is 15.6 Å². The first-order valence-electron chi connectivity index (χ1n) is 17.1. The largest absolute Gasteiger partial charge is 0.493 e. The number of piperidine rings is 2. The molecule has 3 aromatic rings. The van der Waals surface area contributed by atoms with Crippen LogP contribution < -0.4 is 20.1 Å². The number of anilines is 1. The number of nitrogens with zero attached hydrogens (tertiary/aromatic N) is 2. The van der Waals surface area contributed by atoms with Gasteiger partial charge in [0, 0.05) is 43.4 Å². The van der Waals surface area contributed by atoms with E-state index in [0.29, 0.717) is 61.1 Å². The van der Waals surface area contributed by atoms with Crippen molar-refractivity contribution >= 4 is 34.2 Å². The molecule has 5 rings (SSSR count). The quantitative estimate of drug-likeness (QED) is 0.115. The van der Waals surface area contributed by atoms with Crippen molar-refractivity contribution in [2.45, 2.75) is 70.1 Å². The van der Waals surface area contributed by atoms with Crippen molar-refractivity contribution in [3.63, 3.8) is 0 Å². The molecule has 2 saturated heterocycles. The topological polar surface area (TPSA) is 130 Å². The minimum absolute atomic E-state index is 0.0444. The highest BCUT2D eigenvalue weighted by Gasteiger charge is 2.28. The zero-order chi connectivity index (χ0) is 34.6. The van der Waals surface area contributed by atoms with Gasteiger partial charge in [0.15, 0.2) is 16.7 Å². The van der Waals surface area contributed by atoms with Gasteiger partial charge < -0.3 is 24.8 Å². The van der Waals surface area contributed by atoms with Crippen LogP contribution in [-0.2, 0) is 14.4 Å². The molecule has 3 heterocycles. The molecule has 0 bridgehead atoms. The van der Waals surface area contributed by atoms with Crippen molar-refractivity contribution in [3.05, 3.63) is 59.0 Å². The summed E-state index contributed by atoms with van der Waals surface area (Å²) in [6.45, 7) is 2.55. The van der Waals surface area contributed by atoms with Crippen molar-refractivity contribution in [1.29, 1.82) is 0 Å². The third-order valence-electron chi connectivity index (χ3n) is 8.97. The van der Waals surface area contributed by atoms with Gasteiger partial charge in [0.2, 0.25) is 23.5 Å². The van der Waals surface area contributed by atoms with Crippen molar-refractivity contribution in [2.75, 3.05) is 44.8 Å². The molecule has 2 fully saturated rings. The second kappa shape index (κ2) is 18.1. The summed E-state index contributed by atoms with van der Waals surface area (Å²) in [6, 6.07) is 10.0. The number of aliphatic hydroxyl groups excluding tert-OH is 1. The Labute approximate surface area is 289 Å². The maximum absolute atomic E-state index is 14.6. The third kappa shape index (κ3) is 10.2. The molecule has 1 atom stereocenters. The van der Waals surface area contributed by atoms with E-state index in [-0.39, 0.29) is 42.6 Å². The molecule has 49 heavy (non-hydrogen) atoms. The molecule has 1 unspecified atom stereocenters. The molecular weight excluding hydrogens is 654 g/mol. The summed E-state index contributed by atoms with van der Waals surface area (Å²) in [7, 11) is 0. The van der Waals surface area contributed by atoms with Crippen LogP contribution in [0, 0.1) is 17.6 Å². The Morgan fingerprint density at radius 3 is 2.51 bits per heavy atom. The molecule has 0 spiro atoms. The van der Waals surface area contributed by atoms with Gasteiger partial charge in [-0.1, -0.05) is 31.4 Å². The van der Waals surface area contributed by atoms with Crippen LogP contribution in [0.25, 0.3) is 11.3 Å². The SMILES string of the molecule is O=C1CCC(c2ccc(OCC3CCN(C(=O)CCCCCCCOc4c(-c5csc(NCCO)n5)ccc(F)c4F)CC3)cc2)C(=O)N1. The molecule has 2 aliphatic heterocycles. The summed E-state index contributed by atoms with van der Waals surface area (Å²) in [5.41, 5.74) is 1.72. The Kier molecular flexibility index (Phi) is 13.3. The molecule has 13 heteroatoms. The van der Waals surface area contributed by atoms with Crippen molar-refractivity contribution in [1.82, 2.24) is 15.2 Å². The number of rotatable bonds is 17. The van der Waals surface area contributed by atoms with Crippen LogP contribution in [0.5, 0.6) is 11.5 Å². The van der Waals surface area contributed by atoms with Crippen molar-refractivity contribution < 1.29 is 37.7 Å². The molecule has 10 nitrogen and oxygen atoms in total. The van der Waals surface area contributed by atoms with Crippen molar-refractivity contribution in [2.24, 2.45) is 5.92 Å². The fraction of sp³-hybridized carbons (Fsp3) is 0.500. The Morgan fingerprint density at radius 2 is 1.76 bits per heavy atom. The van der Waals surface area contributed by atoms with Gasteiger partial charge in [0.25, 0.3) is 0 Å². The number of hydrogen-bond donors (Lipinski definition) is 3. The zero-order valence-corrected chi connectivity index (χ0v) is 28.4. The van der Waals surface area contributed by atoms with Crippen molar-refractivity contribution in [3.8, 4) is 22.8 Å². The number of carbonyl (C=O) groups excluding carboxylic acids is 3. The second-order valence-electron chi connectivity index (χ2n) is 12.5. The predicted molar refractivity (Wildman–Crippen MR) is 183 cm³/mol. The highest BCUT2D eigenvalue weighted by Crippen LogP contribution is 2.36. The van der Waals surface area contributed by atoms with Gasteiger partial charge in [-0.25, -0.2) is 9.37 Å². The number of unbranched alkanes of at least 4 members (excludes halogenated alkanes) is 4. The van der Waals surface area contributed by atoms with Crippen LogP contribution in [0.1, 0.15) is 75.7 Å². The first-order chi connectivity index (χ1) is 23.8. The lowest BCUT2D eigenvalue weighted by molar-refractivity contribution is -0.134. The van der Waals surface area contributed by atoms with Crippen LogP contribution in [-0.4, -0.2) is 72.2 Å². The fourth-order valence-corrected chi connectivity index (χ4v) is 6.87. The van der Waals surface area contributed by atoms with E-state index in [0.717, 1.165) is 69.0 Å². The van der Waals surface area contributed by atoms with Crippen LogP contribution in [0.3, 0.4) is 0 Å². The van der Waals surface area contributed by atoms with Gasteiger partial charge in [-0.05, 0) is 67.9 Å². The van der Waals surface area contributed by atoms with Gasteiger partial charge in [0.05, 0.1) is 31.4 Å². The summed E-state index contributed by atoms with van der Waals surface area (Å²) < 4.78 is 40.3. The van der Waals surface area contributed by atoms with Gasteiger partial charge in [-0.15, -0.1) is 11.3 Å². The first kappa shape index (κ1) is 36.2. The summed E-state index contributed by atoms with van der Waals surface area (Å²) in [5, 5.41) is 16.6. The number of thiazole rings is 1. The number of aliphatic hydroxyl groups is 1. The molecule has 0 saturated carbocycles. The lowest BCUT2D eigenvalue weighted by Crippen LogP contribution is -2.39. The number of carbonyl (C=O) groups is 3. The monoisotopic (exact) mass is 698 g/mol. The highest BCUT2D eigenvalue weighted by molar-refractivity contribution is 7.14. The van der Waals surface area contributed by atoms with E-state index in [9.17, 15) is 23.2 Å². The Balaban J connectivity index is 0.935. The number of halogens is 2. The molecule has 264 valence electrons. The second-order valence-corrected chi connectivity index (χ2v) is 13.4. The number of imide groups is 1. The van der Waals surface area contributed by atoms with Gasteiger partial charge >= 0.3 is 0 Å². The minimum atomic E-state index is -1.04. The highest BCUT2D eigenvalue weighted by atomic mass is 32.1. The van der Waals surface area contributed by atoms with Gasteiger partial charge in [-0.3, -0.25) is 19.7 Å². The van der Waals surface area contributed by atoms with Gasteiger partial charge in [-0.2, -0.15) is 4.39 Å². The smallest absolute Gasteiger partial charge is 0.234 e. The Bertz CT molecular complexity index is 1560. The maximum Gasteiger partial charge on any atom is 0.234 e. The van der Waals surface area contributed by atoms with E-state index < -0.39 is 11.6 Å². The number of ether oxygens (including phenoxy) is 2. The minimum Gasteiger partial charge on any atom is -0.493 e. The number of aromatic nitrogens is 1. The number of hydrogen-bond acceptors (Lipinski definition) is 9. The summed E-state index contributed by atoms with van der Waals surface area (Å²) in [6.07, 6.45) is 7.28. The average Bonchev–Trinajstić information content (AvgIpc) is 3.58.